The molecule has 1 aromatic heterocycles. The highest BCUT2D eigenvalue weighted by Gasteiger charge is 2.25. The maximum Gasteiger partial charge on any atom is 0.264 e. The van der Waals surface area contributed by atoms with Crippen LogP contribution in [0.3, 0.4) is 0 Å². The monoisotopic (exact) mass is 452 g/mol. The molecular weight excluding hydrogens is 428 g/mol. The Bertz CT molecular complexity index is 1440. The second-order valence-electron chi connectivity index (χ2n) is 8.18. The van der Waals surface area contributed by atoms with E-state index in [0.717, 1.165) is 26.6 Å². The van der Waals surface area contributed by atoms with Crippen LogP contribution in [0.25, 0.3) is 21.0 Å². The number of aromatic nitrogens is 1. The van der Waals surface area contributed by atoms with Crippen LogP contribution >= 0.6 is 11.3 Å². The standard InChI is InChI=1S/C28H24N2O2S/c1-18-13-24-26(14-19(18)2)33-28(29-24)30(17-20-9-5-4-6-10-20)27(31)23-15-21-11-7-8-12-22(21)16-25(23)32-3/h4-16H,17H2,1-3H3. The highest BCUT2D eigenvalue weighted by Crippen LogP contribution is 2.34. The summed E-state index contributed by atoms with van der Waals surface area (Å²) in [5, 5.41) is 2.71. The number of carbonyl (C=O) groups is 1. The third kappa shape index (κ3) is 4.08. The van der Waals surface area contributed by atoms with Crippen LogP contribution < -0.4 is 9.64 Å². The summed E-state index contributed by atoms with van der Waals surface area (Å²) in [6.07, 6.45) is 0. The Labute approximate surface area is 197 Å². The van der Waals surface area contributed by atoms with Crippen molar-refractivity contribution in [2.24, 2.45) is 0 Å². The van der Waals surface area contributed by atoms with Crippen molar-refractivity contribution < 1.29 is 9.53 Å². The fraction of sp³-hybridized carbons (Fsp3) is 0.143. The molecule has 0 spiro atoms. The van der Waals surface area contributed by atoms with Crippen LogP contribution in [-0.4, -0.2) is 18.0 Å². The number of methoxy groups -OCH3 is 1. The van der Waals surface area contributed by atoms with Crippen molar-refractivity contribution in [3.63, 3.8) is 0 Å². The van der Waals surface area contributed by atoms with Gasteiger partial charge in [0.2, 0.25) is 0 Å². The zero-order valence-electron chi connectivity index (χ0n) is 18.8. The third-order valence-electron chi connectivity index (χ3n) is 5.95. The van der Waals surface area contributed by atoms with E-state index in [1.54, 1.807) is 23.3 Å². The predicted molar refractivity (Wildman–Crippen MR) is 137 cm³/mol. The lowest BCUT2D eigenvalue weighted by molar-refractivity contribution is 0.0982. The van der Waals surface area contributed by atoms with Gasteiger partial charge >= 0.3 is 0 Å². The SMILES string of the molecule is COc1cc2ccccc2cc1C(=O)N(Cc1ccccc1)c1nc2cc(C)c(C)cc2s1. The molecule has 0 radical (unpaired) electrons. The summed E-state index contributed by atoms with van der Waals surface area (Å²) in [6, 6.07) is 26.1. The van der Waals surface area contributed by atoms with Crippen LogP contribution in [0.1, 0.15) is 27.0 Å². The van der Waals surface area contributed by atoms with Crippen molar-refractivity contribution in [2.75, 3.05) is 12.0 Å². The molecular formula is C28H24N2O2S. The highest BCUT2D eigenvalue weighted by molar-refractivity contribution is 7.22. The van der Waals surface area contributed by atoms with E-state index in [1.807, 2.05) is 66.7 Å². The molecule has 1 amide bonds. The first-order valence-corrected chi connectivity index (χ1v) is 11.7. The van der Waals surface area contributed by atoms with Gasteiger partial charge in [-0.25, -0.2) is 4.98 Å². The summed E-state index contributed by atoms with van der Waals surface area (Å²) >= 11 is 1.54. The Morgan fingerprint density at radius 2 is 1.58 bits per heavy atom. The summed E-state index contributed by atoms with van der Waals surface area (Å²) in [5.41, 5.74) is 4.89. The van der Waals surface area contributed by atoms with Crippen LogP contribution in [-0.2, 0) is 6.54 Å². The highest BCUT2D eigenvalue weighted by atomic mass is 32.1. The van der Waals surface area contributed by atoms with Gasteiger partial charge in [0.1, 0.15) is 5.75 Å². The van der Waals surface area contributed by atoms with Gasteiger partial charge in [-0.05, 0) is 65.6 Å². The van der Waals surface area contributed by atoms with Crippen molar-refractivity contribution in [1.29, 1.82) is 0 Å². The van der Waals surface area contributed by atoms with E-state index >= 15 is 0 Å². The zero-order chi connectivity index (χ0) is 22.9. The van der Waals surface area contributed by atoms with Gasteiger partial charge < -0.3 is 4.74 Å². The molecule has 0 fully saturated rings. The van der Waals surface area contributed by atoms with Crippen LogP contribution in [0.5, 0.6) is 5.75 Å². The average molecular weight is 453 g/mol. The van der Waals surface area contributed by atoms with Gasteiger partial charge in [0.05, 0.1) is 29.4 Å². The fourth-order valence-electron chi connectivity index (χ4n) is 3.98. The number of fused-ring (bicyclic) bond motifs is 2. The molecule has 0 bridgehead atoms. The Kier molecular flexibility index (Phi) is 5.56. The molecule has 5 heteroatoms. The van der Waals surface area contributed by atoms with Crippen molar-refractivity contribution >= 4 is 43.4 Å². The summed E-state index contributed by atoms with van der Waals surface area (Å²) in [7, 11) is 1.60. The number of hydrogen-bond acceptors (Lipinski definition) is 4. The Morgan fingerprint density at radius 1 is 0.909 bits per heavy atom. The molecule has 4 aromatic carbocycles. The number of nitrogens with zero attached hydrogens (tertiary/aromatic N) is 2. The van der Waals surface area contributed by atoms with E-state index in [1.165, 1.54) is 11.1 Å². The van der Waals surface area contributed by atoms with Gasteiger partial charge in [-0.15, -0.1) is 0 Å². The molecule has 0 saturated carbocycles. The van der Waals surface area contributed by atoms with E-state index in [0.29, 0.717) is 23.0 Å². The molecule has 33 heavy (non-hydrogen) atoms. The molecule has 5 aromatic rings. The molecule has 0 aliphatic rings. The zero-order valence-corrected chi connectivity index (χ0v) is 19.6. The van der Waals surface area contributed by atoms with Crippen LogP contribution in [0.2, 0.25) is 0 Å². The number of aryl methyl sites for hydroxylation is 2. The minimum absolute atomic E-state index is 0.131. The molecule has 0 atom stereocenters. The molecule has 1 heterocycles. The van der Waals surface area contributed by atoms with Gasteiger partial charge in [-0.1, -0.05) is 65.9 Å². The number of anilines is 1. The Balaban J connectivity index is 1.64. The first-order chi connectivity index (χ1) is 16.0. The van der Waals surface area contributed by atoms with Gasteiger partial charge in [0, 0.05) is 0 Å². The molecule has 164 valence electrons. The fourth-order valence-corrected chi connectivity index (χ4v) is 5.02. The van der Waals surface area contributed by atoms with E-state index in [4.69, 9.17) is 9.72 Å². The Hall–Kier alpha value is -3.70. The number of hydrogen-bond donors (Lipinski definition) is 0. The van der Waals surface area contributed by atoms with Crippen LogP contribution in [0, 0.1) is 13.8 Å². The number of rotatable bonds is 5. The van der Waals surface area contributed by atoms with Gasteiger partial charge in [-0.2, -0.15) is 0 Å². The lowest BCUT2D eigenvalue weighted by atomic mass is 10.0. The van der Waals surface area contributed by atoms with E-state index in [9.17, 15) is 4.79 Å². The van der Waals surface area contributed by atoms with Crippen molar-refractivity contribution in [3.05, 3.63) is 101 Å². The predicted octanol–water partition coefficient (Wildman–Crippen LogP) is 6.92. The molecule has 5 rings (SSSR count). The first kappa shape index (κ1) is 21.2. The number of amides is 1. The Morgan fingerprint density at radius 3 is 2.30 bits per heavy atom. The van der Waals surface area contributed by atoms with Crippen molar-refractivity contribution in [2.45, 2.75) is 20.4 Å². The average Bonchev–Trinajstić information content (AvgIpc) is 3.24. The van der Waals surface area contributed by atoms with E-state index in [-0.39, 0.29) is 5.91 Å². The largest absolute Gasteiger partial charge is 0.496 e. The lowest BCUT2D eigenvalue weighted by Gasteiger charge is -2.21. The summed E-state index contributed by atoms with van der Waals surface area (Å²) in [4.78, 5) is 20.6. The van der Waals surface area contributed by atoms with Gasteiger partial charge in [0.25, 0.3) is 5.91 Å². The molecule has 0 N–H and O–H groups in total. The van der Waals surface area contributed by atoms with Gasteiger partial charge in [-0.3, -0.25) is 9.69 Å². The van der Waals surface area contributed by atoms with E-state index in [2.05, 4.69) is 26.0 Å². The van der Waals surface area contributed by atoms with Crippen molar-refractivity contribution in [3.8, 4) is 5.75 Å². The van der Waals surface area contributed by atoms with E-state index < -0.39 is 0 Å². The second kappa shape index (κ2) is 8.68. The van der Waals surface area contributed by atoms with Gasteiger partial charge in [0.15, 0.2) is 5.13 Å². The maximum atomic E-state index is 14.0. The quantitative estimate of drug-likeness (QED) is 0.291. The first-order valence-electron chi connectivity index (χ1n) is 10.8. The molecule has 4 nitrogen and oxygen atoms in total. The smallest absolute Gasteiger partial charge is 0.264 e. The third-order valence-corrected chi connectivity index (χ3v) is 6.99. The summed E-state index contributed by atoms with van der Waals surface area (Å²) in [6.45, 7) is 4.61. The summed E-state index contributed by atoms with van der Waals surface area (Å²) in [5.74, 6) is 0.429. The molecule has 0 aliphatic heterocycles. The number of benzene rings is 4. The van der Waals surface area contributed by atoms with Crippen LogP contribution in [0.4, 0.5) is 5.13 Å². The summed E-state index contributed by atoms with van der Waals surface area (Å²) < 4.78 is 6.71. The normalized spacial score (nSPS) is 11.1. The second-order valence-corrected chi connectivity index (χ2v) is 9.19. The lowest BCUT2D eigenvalue weighted by Crippen LogP contribution is -2.30. The maximum absolute atomic E-state index is 14.0. The molecule has 0 saturated heterocycles. The minimum atomic E-state index is -0.131. The number of thiazole rings is 1. The molecule has 0 unspecified atom stereocenters. The topological polar surface area (TPSA) is 42.4 Å². The minimum Gasteiger partial charge on any atom is -0.496 e. The molecule has 0 aliphatic carbocycles. The number of ether oxygens (including phenoxy) is 1. The number of carbonyl (C=O) groups excluding carboxylic acids is 1. The van der Waals surface area contributed by atoms with Crippen LogP contribution in [0.15, 0.2) is 78.9 Å². The van der Waals surface area contributed by atoms with Crippen molar-refractivity contribution in [1.82, 2.24) is 4.98 Å².